The molecule has 1 N–H and O–H groups in total. The summed E-state index contributed by atoms with van der Waals surface area (Å²) in [7, 11) is 0. The molecule has 0 amide bonds. The number of rotatable bonds is 3. The van der Waals surface area contributed by atoms with Crippen LogP contribution in [-0.2, 0) is 0 Å². The van der Waals surface area contributed by atoms with E-state index in [-0.39, 0.29) is 16.9 Å². The van der Waals surface area contributed by atoms with Crippen molar-refractivity contribution in [2.45, 2.75) is 66.0 Å². The molecule has 0 radical (unpaired) electrons. The predicted molar refractivity (Wildman–Crippen MR) is 83.1 cm³/mol. The molecule has 0 spiro atoms. The van der Waals surface area contributed by atoms with Crippen molar-refractivity contribution in [3.05, 3.63) is 35.4 Å². The maximum Gasteiger partial charge on any atom is 0.163 e. The van der Waals surface area contributed by atoms with Gasteiger partial charge >= 0.3 is 0 Å². The molecule has 1 aromatic rings. The van der Waals surface area contributed by atoms with Crippen LogP contribution in [0.4, 0.5) is 8.78 Å². The molecular weight excluding hydrogens is 268 g/mol. The van der Waals surface area contributed by atoms with Gasteiger partial charge in [-0.2, -0.15) is 0 Å². The average molecular weight is 295 g/mol. The van der Waals surface area contributed by atoms with Crippen molar-refractivity contribution in [1.29, 1.82) is 0 Å². The number of benzene rings is 1. The lowest BCUT2D eigenvalue weighted by atomic mass is 9.63. The smallest absolute Gasteiger partial charge is 0.163 e. The van der Waals surface area contributed by atoms with Gasteiger partial charge in [0.05, 0.1) is 0 Å². The summed E-state index contributed by atoms with van der Waals surface area (Å²) < 4.78 is 27.3. The minimum absolute atomic E-state index is 0.185. The van der Waals surface area contributed by atoms with Crippen molar-refractivity contribution < 1.29 is 8.78 Å². The SMILES string of the molecule is CC(NC1CC(C)(C)CC(C)(C)C1)c1cccc(F)c1F. The van der Waals surface area contributed by atoms with Gasteiger partial charge in [-0.15, -0.1) is 0 Å². The highest BCUT2D eigenvalue weighted by Gasteiger charge is 2.38. The van der Waals surface area contributed by atoms with Crippen LogP contribution < -0.4 is 5.32 Å². The van der Waals surface area contributed by atoms with Crippen LogP contribution in [0.2, 0.25) is 0 Å². The van der Waals surface area contributed by atoms with E-state index in [1.807, 2.05) is 6.92 Å². The molecule has 0 aliphatic heterocycles. The van der Waals surface area contributed by atoms with Gasteiger partial charge < -0.3 is 5.32 Å². The van der Waals surface area contributed by atoms with Crippen LogP contribution in [0.5, 0.6) is 0 Å². The fourth-order valence-electron chi connectivity index (χ4n) is 4.26. The van der Waals surface area contributed by atoms with E-state index >= 15 is 0 Å². The zero-order chi connectivity index (χ0) is 15.8. The van der Waals surface area contributed by atoms with Gasteiger partial charge in [-0.05, 0) is 43.1 Å². The maximum absolute atomic E-state index is 13.9. The zero-order valence-electron chi connectivity index (χ0n) is 13.8. The van der Waals surface area contributed by atoms with E-state index in [1.54, 1.807) is 12.1 Å². The van der Waals surface area contributed by atoms with E-state index in [4.69, 9.17) is 0 Å². The summed E-state index contributed by atoms with van der Waals surface area (Å²) in [5.41, 5.74) is 0.968. The third-order valence-electron chi connectivity index (χ3n) is 4.49. The van der Waals surface area contributed by atoms with Gasteiger partial charge in [0.25, 0.3) is 0 Å². The molecule has 3 heteroatoms. The topological polar surface area (TPSA) is 12.0 Å². The second-order valence-electron chi connectivity index (χ2n) is 8.14. The molecular formula is C18H27F2N. The van der Waals surface area contributed by atoms with Crippen molar-refractivity contribution in [3.63, 3.8) is 0 Å². The highest BCUT2D eigenvalue weighted by Crippen LogP contribution is 2.46. The summed E-state index contributed by atoms with van der Waals surface area (Å²) in [6.07, 6.45) is 3.33. The Morgan fingerprint density at radius 3 is 2.24 bits per heavy atom. The van der Waals surface area contributed by atoms with Crippen LogP contribution in [0.15, 0.2) is 18.2 Å². The summed E-state index contributed by atoms with van der Waals surface area (Å²) in [6, 6.07) is 4.55. The van der Waals surface area contributed by atoms with E-state index in [0.29, 0.717) is 11.6 Å². The zero-order valence-corrected chi connectivity index (χ0v) is 13.8. The molecule has 0 heterocycles. The maximum atomic E-state index is 13.9. The van der Waals surface area contributed by atoms with Crippen LogP contribution in [0.25, 0.3) is 0 Å². The molecule has 1 atom stereocenters. The molecule has 0 aromatic heterocycles. The predicted octanol–water partition coefficient (Wildman–Crippen LogP) is 5.22. The van der Waals surface area contributed by atoms with Gasteiger partial charge in [0.2, 0.25) is 0 Å². The van der Waals surface area contributed by atoms with Crippen molar-refractivity contribution >= 4 is 0 Å². The Kier molecular flexibility index (Phi) is 4.44. The number of hydrogen-bond acceptors (Lipinski definition) is 1. The van der Waals surface area contributed by atoms with E-state index in [1.165, 1.54) is 12.5 Å². The second-order valence-corrected chi connectivity index (χ2v) is 8.14. The van der Waals surface area contributed by atoms with Gasteiger partial charge in [-0.1, -0.05) is 39.8 Å². The third-order valence-corrected chi connectivity index (χ3v) is 4.49. The fraction of sp³-hybridized carbons (Fsp3) is 0.667. The fourth-order valence-corrected chi connectivity index (χ4v) is 4.26. The molecule has 1 nitrogen and oxygen atoms in total. The highest BCUT2D eigenvalue weighted by atomic mass is 19.2. The van der Waals surface area contributed by atoms with E-state index < -0.39 is 11.6 Å². The molecule has 1 aliphatic rings. The molecule has 1 aliphatic carbocycles. The Morgan fingerprint density at radius 2 is 1.67 bits per heavy atom. The van der Waals surface area contributed by atoms with Gasteiger partial charge in [-0.3, -0.25) is 0 Å². The number of hydrogen-bond donors (Lipinski definition) is 1. The normalized spacial score (nSPS) is 23.0. The minimum Gasteiger partial charge on any atom is -0.307 e. The number of nitrogens with one attached hydrogen (secondary N) is 1. The van der Waals surface area contributed by atoms with Crippen molar-refractivity contribution in [3.8, 4) is 0 Å². The summed E-state index contributed by atoms with van der Waals surface area (Å²) >= 11 is 0. The van der Waals surface area contributed by atoms with Crippen LogP contribution in [0.1, 0.15) is 65.5 Å². The molecule has 1 unspecified atom stereocenters. The first-order chi connectivity index (χ1) is 9.60. The van der Waals surface area contributed by atoms with Gasteiger partial charge in [0, 0.05) is 17.6 Å². The standard InChI is InChI=1S/C18H27F2N/c1-12(14-7-6-8-15(19)16(14)20)21-13-9-17(2,3)11-18(4,5)10-13/h6-8,12-13,21H,9-11H2,1-5H3. The number of halogens is 2. The first kappa shape index (κ1) is 16.4. The van der Waals surface area contributed by atoms with E-state index in [9.17, 15) is 8.78 Å². The van der Waals surface area contributed by atoms with Crippen molar-refractivity contribution in [1.82, 2.24) is 5.32 Å². The lowest BCUT2D eigenvalue weighted by molar-refractivity contribution is 0.0809. The first-order valence-electron chi connectivity index (χ1n) is 7.80. The first-order valence-corrected chi connectivity index (χ1v) is 7.80. The largest absolute Gasteiger partial charge is 0.307 e. The minimum atomic E-state index is -0.773. The summed E-state index contributed by atoms with van der Waals surface area (Å²) in [4.78, 5) is 0. The Hall–Kier alpha value is -0.960. The average Bonchev–Trinajstić information content (AvgIpc) is 2.28. The van der Waals surface area contributed by atoms with Gasteiger partial charge in [0.1, 0.15) is 0 Å². The Morgan fingerprint density at radius 1 is 1.10 bits per heavy atom. The molecule has 1 fully saturated rings. The molecule has 0 saturated heterocycles. The van der Waals surface area contributed by atoms with Crippen molar-refractivity contribution in [2.24, 2.45) is 10.8 Å². The molecule has 118 valence electrons. The van der Waals surface area contributed by atoms with Crippen molar-refractivity contribution in [2.75, 3.05) is 0 Å². The molecule has 0 bridgehead atoms. The summed E-state index contributed by atoms with van der Waals surface area (Å²) in [6.45, 7) is 11.1. The Balaban J connectivity index is 2.12. The van der Waals surface area contributed by atoms with E-state index in [0.717, 1.165) is 12.8 Å². The lowest BCUT2D eigenvalue weighted by Gasteiger charge is -2.46. The Bertz CT molecular complexity index is 492. The molecule has 1 aromatic carbocycles. The second kappa shape index (κ2) is 5.68. The highest BCUT2D eigenvalue weighted by molar-refractivity contribution is 5.22. The molecule has 1 saturated carbocycles. The summed E-state index contributed by atoms with van der Waals surface area (Å²) in [5.74, 6) is -1.50. The Labute approximate surface area is 127 Å². The van der Waals surface area contributed by atoms with Crippen LogP contribution in [0.3, 0.4) is 0 Å². The quantitative estimate of drug-likeness (QED) is 0.806. The van der Waals surface area contributed by atoms with Gasteiger partial charge in [-0.25, -0.2) is 8.78 Å². The molecule has 2 rings (SSSR count). The van der Waals surface area contributed by atoms with Gasteiger partial charge in [0.15, 0.2) is 11.6 Å². The monoisotopic (exact) mass is 295 g/mol. The van der Waals surface area contributed by atoms with Crippen LogP contribution >= 0.6 is 0 Å². The van der Waals surface area contributed by atoms with E-state index in [2.05, 4.69) is 33.0 Å². The lowest BCUT2D eigenvalue weighted by Crippen LogP contribution is -2.44. The third kappa shape index (κ3) is 4.03. The van der Waals surface area contributed by atoms with Crippen LogP contribution in [-0.4, -0.2) is 6.04 Å². The molecule has 21 heavy (non-hydrogen) atoms. The summed E-state index contributed by atoms with van der Waals surface area (Å²) in [5, 5.41) is 3.51. The van der Waals surface area contributed by atoms with Crippen LogP contribution in [0, 0.1) is 22.5 Å².